The Labute approximate surface area is 327 Å². The van der Waals surface area contributed by atoms with Crippen molar-refractivity contribution in [2.75, 3.05) is 29.1 Å². The standard InChI is InChI=1S/C39H32ClF3N8O6/c40-27-12-10-26(11-13-27)38(18-19-38)51-36-48-35(49-37(50-36)57-22-39(41,42)43)46-29-16-8-25(9-17-29)31(52)47-30(34(55)56)21-44-32(53)33(54)45-28-14-6-24(7-15-28)20-23-4-2-1-3-5-23/h1-17H,18-22H2,(H,44,53)(H,45,54)(H,55,56)(H2,46,48,49,50,51). The number of amides is 3. The highest BCUT2D eigenvalue weighted by Gasteiger charge is 2.45. The molecule has 0 atom stereocenters. The van der Waals surface area contributed by atoms with E-state index in [0.717, 1.165) is 16.7 Å². The molecule has 292 valence electrons. The van der Waals surface area contributed by atoms with E-state index < -0.39 is 60.3 Å². The van der Waals surface area contributed by atoms with Crippen LogP contribution in [0.15, 0.2) is 108 Å². The average Bonchev–Trinajstić information content (AvgIpc) is 3.96. The predicted molar refractivity (Wildman–Crippen MR) is 204 cm³/mol. The molecule has 5 N–H and O–H groups in total. The molecule has 4 aromatic carbocycles. The number of ether oxygens (including phenoxy) is 1. The van der Waals surface area contributed by atoms with Crippen molar-refractivity contribution >= 4 is 64.3 Å². The van der Waals surface area contributed by atoms with Gasteiger partial charge in [-0.15, -0.1) is 0 Å². The molecule has 1 aromatic heterocycles. The van der Waals surface area contributed by atoms with E-state index in [1.54, 1.807) is 36.4 Å². The molecule has 1 fully saturated rings. The lowest BCUT2D eigenvalue weighted by molar-refractivity contribution is -0.154. The molecule has 57 heavy (non-hydrogen) atoms. The van der Waals surface area contributed by atoms with Gasteiger partial charge in [0, 0.05) is 22.0 Å². The molecule has 0 unspecified atom stereocenters. The molecule has 5 aromatic rings. The molecule has 1 heterocycles. The molecule has 1 saturated carbocycles. The minimum atomic E-state index is -4.66. The molecule has 6 rings (SSSR count). The van der Waals surface area contributed by atoms with Gasteiger partial charge in [-0.1, -0.05) is 66.2 Å². The number of carboxylic acids is 1. The normalized spacial score (nSPS) is 13.2. The second-order valence-corrected chi connectivity index (χ2v) is 13.2. The van der Waals surface area contributed by atoms with Crippen LogP contribution in [0.3, 0.4) is 0 Å². The highest BCUT2D eigenvalue weighted by molar-refractivity contribution is 6.42. The van der Waals surface area contributed by atoms with Gasteiger partial charge in [0.1, 0.15) is 5.71 Å². The summed E-state index contributed by atoms with van der Waals surface area (Å²) in [6, 6.07) is 28.5. The lowest BCUT2D eigenvalue weighted by Gasteiger charge is -2.19. The maximum Gasteiger partial charge on any atom is 0.422 e. The molecular formula is C39H32ClF3N8O6. The summed E-state index contributed by atoms with van der Waals surface area (Å²) in [7, 11) is 0. The van der Waals surface area contributed by atoms with Crippen LogP contribution in [0.5, 0.6) is 6.01 Å². The second-order valence-electron chi connectivity index (χ2n) is 12.8. The Balaban J connectivity index is 1.07. The van der Waals surface area contributed by atoms with Gasteiger partial charge in [-0.25, -0.2) is 9.79 Å². The Bertz CT molecular complexity index is 2290. The number of nitrogens with zero attached hydrogens (tertiary/aromatic N) is 4. The number of halogens is 4. The topological polar surface area (TPSA) is 197 Å². The molecule has 0 radical (unpaired) electrons. The van der Waals surface area contributed by atoms with E-state index in [4.69, 9.17) is 16.3 Å². The zero-order valence-electron chi connectivity index (χ0n) is 29.6. The summed E-state index contributed by atoms with van der Waals surface area (Å²) in [5, 5.41) is 20.7. The fraction of sp³-hybridized carbons (Fsp3) is 0.179. The zero-order valence-corrected chi connectivity index (χ0v) is 30.4. The molecule has 14 nitrogen and oxygen atoms in total. The Morgan fingerprint density at radius 2 is 1.42 bits per heavy atom. The smallest absolute Gasteiger partial charge is 0.422 e. The third kappa shape index (κ3) is 11.3. The first-order chi connectivity index (χ1) is 27.2. The maximum absolute atomic E-state index is 13.0. The van der Waals surface area contributed by atoms with Crippen molar-refractivity contribution in [2.24, 2.45) is 4.99 Å². The van der Waals surface area contributed by atoms with Crippen LogP contribution >= 0.6 is 11.6 Å². The van der Waals surface area contributed by atoms with Crippen molar-refractivity contribution in [3.8, 4) is 6.01 Å². The summed E-state index contributed by atoms with van der Waals surface area (Å²) in [6.45, 7) is -2.38. The number of nitrogens with one attached hydrogen (secondary N) is 4. The average molecular weight is 801 g/mol. The van der Waals surface area contributed by atoms with Crippen molar-refractivity contribution in [2.45, 2.75) is 31.0 Å². The highest BCUT2D eigenvalue weighted by Crippen LogP contribution is 2.48. The van der Waals surface area contributed by atoms with Gasteiger partial charge in [0.25, 0.3) is 5.91 Å². The molecule has 18 heteroatoms. The van der Waals surface area contributed by atoms with E-state index >= 15 is 0 Å². The Kier molecular flexibility index (Phi) is 12.1. The zero-order chi connectivity index (χ0) is 40.6. The van der Waals surface area contributed by atoms with E-state index in [9.17, 15) is 37.5 Å². The Hall–Kier alpha value is -6.88. The van der Waals surface area contributed by atoms with E-state index in [2.05, 4.69) is 41.2 Å². The van der Waals surface area contributed by atoms with Gasteiger partial charge in [0.05, 0.1) is 12.1 Å². The van der Waals surface area contributed by atoms with Gasteiger partial charge in [-0.3, -0.25) is 14.4 Å². The molecule has 0 saturated heterocycles. The van der Waals surface area contributed by atoms with Crippen LogP contribution < -0.4 is 26.0 Å². The highest BCUT2D eigenvalue weighted by atomic mass is 35.5. The minimum absolute atomic E-state index is 0.0510. The monoisotopic (exact) mass is 800 g/mol. The second kappa shape index (κ2) is 17.3. The molecule has 0 spiro atoms. The van der Waals surface area contributed by atoms with E-state index in [-0.39, 0.29) is 23.1 Å². The summed E-state index contributed by atoms with van der Waals surface area (Å²) in [5.41, 5.74) is 2.22. The van der Waals surface area contributed by atoms with E-state index in [1.165, 1.54) is 24.3 Å². The van der Waals surface area contributed by atoms with Gasteiger partial charge in [0.15, 0.2) is 6.61 Å². The number of alkyl halides is 3. The molecule has 1 aliphatic carbocycles. The van der Waals surface area contributed by atoms with Gasteiger partial charge < -0.3 is 31.1 Å². The number of anilines is 4. The van der Waals surface area contributed by atoms with Gasteiger partial charge in [-0.2, -0.15) is 28.1 Å². The van der Waals surface area contributed by atoms with E-state index in [1.807, 2.05) is 42.5 Å². The molecular weight excluding hydrogens is 769 g/mol. The number of aliphatic imine (C=N–C) groups is 1. The van der Waals surface area contributed by atoms with Gasteiger partial charge in [0.2, 0.25) is 11.9 Å². The van der Waals surface area contributed by atoms with Crippen molar-refractivity contribution in [1.82, 2.24) is 20.3 Å². The van der Waals surface area contributed by atoms with Crippen molar-refractivity contribution in [3.05, 3.63) is 130 Å². The van der Waals surface area contributed by atoms with Crippen molar-refractivity contribution < 1.29 is 42.2 Å². The van der Waals surface area contributed by atoms with Gasteiger partial charge >= 0.3 is 30.0 Å². The number of aliphatic carboxylic acids is 1. The summed E-state index contributed by atoms with van der Waals surface area (Å²) >= 11 is 6.02. The Morgan fingerprint density at radius 1 is 0.789 bits per heavy atom. The van der Waals surface area contributed by atoms with Crippen LogP contribution in [0, 0.1) is 0 Å². The minimum Gasteiger partial charge on any atom is -0.477 e. The molecule has 0 aliphatic heterocycles. The van der Waals surface area contributed by atoms with Crippen LogP contribution in [-0.4, -0.2) is 68.8 Å². The number of hydrogen-bond donors (Lipinski definition) is 5. The number of aromatic nitrogens is 3. The summed E-state index contributed by atoms with van der Waals surface area (Å²) in [5.74, 6) is -5.03. The lowest BCUT2D eigenvalue weighted by atomic mass is 10.0. The van der Waals surface area contributed by atoms with Crippen LogP contribution in [0.4, 0.5) is 36.4 Å². The largest absolute Gasteiger partial charge is 0.477 e. The summed E-state index contributed by atoms with van der Waals surface area (Å²) in [6.07, 6.45) is -2.60. The quantitative estimate of drug-likeness (QED) is 0.0623. The predicted octanol–water partition coefficient (Wildman–Crippen LogP) is 6.32. The van der Waals surface area contributed by atoms with Gasteiger partial charge in [-0.05, 0) is 84.5 Å². The van der Waals surface area contributed by atoms with Crippen molar-refractivity contribution in [1.29, 1.82) is 0 Å². The number of carbonyl (C=O) groups excluding carboxylic acids is 3. The fourth-order valence-electron chi connectivity index (χ4n) is 5.42. The number of rotatable bonds is 14. The van der Waals surface area contributed by atoms with E-state index in [0.29, 0.717) is 30.0 Å². The third-order valence-electron chi connectivity index (χ3n) is 8.43. The van der Waals surface area contributed by atoms with Crippen LogP contribution in [0.1, 0.15) is 39.9 Å². The first kappa shape index (κ1) is 39.8. The molecule has 1 aliphatic rings. The number of carbonyl (C=O) groups is 4. The Morgan fingerprint density at radius 3 is 2.05 bits per heavy atom. The fourth-order valence-corrected chi connectivity index (χ4v) is 5.54. The molecule has 0 bridgehead atoms. The lowest BCUT2D eigenvalue weighted by Crippen LogP contribution is -2.40. The first-order valence-corrected chi connectivity index (χ1v) is 17.6. The summed E-state index contributed by atoms with van der Waals surface area (Å²) < 4.78 is 43.7. The van der Waals surface area contributed by atoms with Crippen LogP contribution in [0.2, 0.25) is 5.02 Å². The summed E-state index contributed by atoms with van der Waals surface area (Å²) in [4.78, 5) is 65.5. The van der Waals surface area contributed by atoms with Crippen molar-refractivity contribution in [3.63, 3.8) is 0 Å². The molecule has 3 amide bonds. The first-order valence-electron chi connectivity index (χ1n) is 17.2. The SMILES string of the molecule is O=C(O)C(CNC(=O)C(=O)Nc1ccc(Cc2ccccc2)cc1)=NC(=O)c1ccc(Nc2nc(NC3(c4ccc(Cl)cc4)CC3)nc(OCC(F)(F)F)n2)cc1. The number of benzene rings is 4. The van der Waals surface area contributed by atoms with Crippen LogP contribution in [-0.2, 0) is 26.3 Å². The third-order valence-corrected chi connectivity index (χ3v) is 8.69. The number of carboxylic acid groups (broad SMARTS) is 1. The maximum atomic E-state index is 13.0. The number of hydrogen-bond acceptors (Lipinski definition) is 10. The van der Waals surface area contributed by atoms with Crippen LogP contribution in [0.25, 0.3) is 0 Å².